The number of hydrogen-bond acceptors (Lipinski definition) is 2. The highest BCUT2D eigenvalue weighted by atomic mass is 16.5. The van der Waals surface area contributed by atoms with Crippen LogP contribution in [0.5, 0.6) is 0 Å². The largest absolute Gasteiger partial charge is 0.365 e. The molecular weight excluding hydrogens is 258 g/mol. The molecule has 0 spiro atoms. The van der Waals surface area contributed by atoms with Crippen molar-refractivity contribution in [3.8, 4) is 6.07 Å². The fourth-order valence-corrected chi connectivity index (χ4v) is 1.98. The van der Waals surface area contributed by atoms with Gasteiger partial charge in [0.2, 0.25) is 0 Å². The molecule has 2 aromatic rings. The van der Waals surface area contributed by atoms with Crippen molar-refractivity contribution < 1.29 is 4.74 Å². The smallest absolute Gasteiger partial charge is 0.101 e. The van der Waals surface area contributed by atoms with Gasteiger partial charge in [0.25, 0.3) is 0 Å². The summed E-state index contributed by atoms with van der Waals surface area (Å²) in [4.78, 5) is 0. The van der Waals surface area contributed by atoms with Gasteiger partial charge in [-0.05, 0) is 23.3 Å². The molecule has 0 fully saturated rings. The van der Waals surface area contributed by atoms with Crippen LogP contribution in [0.4, 0.5) is 0 Å². The number of rotatable bonds is 6. The lowest BCUT2D eigenvalue weighted by Gasteiger charge is -2.14. The zero-order chi connectivity index (χ0) is 14.9. The van der Waals surface area contributed by atoms with Gasteiger partial charge in [0, 0.05) is 0 Å². The van der Waals surface area contributed by atoms with E-state index in [1.165, 1.54) is 0 Å². The minimum atomic E-state index is -0.198. The molecule has 0 aliphatic rings. The van der Waals surface area contributed by atoms with Crippen molar-refractivity contribution in [2.75, 3.05) is 6.61 Å². The van der Waals surface area contributed by atoms with Gasteiger partial charge in [0.05, 0.1) is 18.2 Å². The molecule has 0 N–H and O–H groups in total. The summed E-state index contributed by atoms with van der Waals surface area (Å²) in [5.74, 6) is 0. The van der Waals surface area contributed by atoms with Gasteiger partial charge in [0.15, 0.2) is 0 Å². The van der Waals surface area contributed by atoms with E-state index in [9.17, 15) is 0 Å². The van der Waals surface area contributed by atoms with Crippen molar-refractivity contribution in [3.05, 3.63) is 90.0 Å². The summed E-state index contributed by atoms with van der Waals surface area (Å²) in [5.41, 5.74) is 2.71. The molecule has 0 unspecified atom stereocenters. The molecule has 0 aliphatic heterocycles. The van der Waals surface area contributed by atoms with Gasteiger partial charge in [-0.3, -0.25) is 0 Å². The zero-order valence-electron chi connectivity index (χ0n) is 11.8. The number of nitrogens with zero attached hydrogens (tertiary/aromatic N) is 1. The first-order chi connectivity index (χ1) is 10.3. The summed E-state index contributed by atoms with van der Waals surface area (Å²) in [6.07, 6.45) is 5.54. The fraction of sp³-hybridized carbons (Fsp3) is 0.105. The third-order valence-electron chi connectivity index (χ3n) is 3.00. The van der Waals surface area contributed by atoms with Gasteiger partial charge in [-0.25, -0.2) is 0 Å². The fourth-order valence-electron chi connectivity index (χ4n) is 1.98. The van der Waals surface area contributed by atoms with Crippen LogP contribution in [0.1, 0.15) is 22.8 Å². The Morgan fingerprint density at radius 3 is 2.67 bits per heavy atom. The standard InChI is InChI=1S/C19H17NO/c1-2-13-21-19(12-11-16-7-4-3-5-8-16)18-10-6-9-17(14-18)15-20/h2-12,14,19H,1,13H2/b12-11+/t19-/m0/s1. The molecule has 2 rings (SSSR count). The second-order valence-corrected chi connectivity index (χ2v) is 4.55. The molecule has 2 aromatic carbocycles. The van der Waals surface area contributed by atoms with Gasteiger partial charge >= 0.3 is 0 Å². The van der Waals surface area contributed by atoms with Crippen LogP contribution >= 0.6 is 0 Å². The van der Waals surface area contributed by atoms with Crippen LogP contribution in [-0.2, 0) is 4.74 Å². The molecule has 21 heavy (non-hydrogen) atoms. The lowest BCUT2D eigenvalue weighted by molar-refractivity contribution is 0.111. The average Bonchev–Trinajstić information content (AvgIpc) is 2.56. The van der Waals surface area contributed by atoms with Crippen molar-refractivity contribution >= 4 is 6.08 Å². The number of ether oxygens (including phenoxy) is 1. The van der Waals surface area contributed by atoms with Crippen LogP contribution in [0, 0.1) is 11.3 Å². The molecule has 0 aliphatic carbocycles. The Labute approximate surface area is 125 Å². The Balaban J connectivity index is 2.23. The SMILES string of the molecule is C=CCO[C@@H](/C=C/c1ccccc1)c1cccc(C#N)c1. The first-order valence-electron chi connectivity index (χ1n) is 6.79. The van der Waals surface area contributed by atoms with Crippen LogP contribution in [0.15, 0.2) is 73.3 Å². The Kier molecular flexibility index (Phi) is 5.51. The molecule has 0 aromatic heterocycles. The first kappa shape index (κ1) is 14.8. The van der Waals surface area contributed by atoms with Crippen LogP contribution in [0.3, 0.4) is 0 Å². The number of nitriles is 1. The van der Waals surface area contributed by atoms with E-state index < -0.39 is 0 Å². The minimum Gasteiger partial charge on any atom is -0.365 e. The molecule has 104 valence electrons. The predicted octanol–water partition coefficient (Wildman–Crippen LogP) is 4.52. The van der Waals surface area contributed by atoms with E-state index in [1.54, 1.807) is 12.1 Å². The summed E-state index contributed by atoms with van der Waals surface area (Å²) in [6.45, 7) is 4.14. The van der Waals surface area contributed by atoms with Gasteiger partial charge in [-0.2, -0.15) is 5.26 Å². The van der Waals surface area contributed by atoms with Gasteiger partial charge in [-0.15, -0.1) is 6.58 Å². The first-order valence-corrected chi connectivity index (χ1v) is 6.79. The minimum absolute atomic E-state index is 0.198. The maximum absolute atomic E-state index is 9.00. The van der Waals surface area contributed by atoms with Gasteiger partial charge in [-0.1, -0.05) is 60.7 Å². The Morgan fingerprint density at radius 2 is 1.95 bits per heavy atom. The van der Waals surface area contributed by atoms with E-state index in [1.807, 2.05) is 60.7 Å². The zero-order valence-corrected chi connectivity index (χ0v) is 11.8. The van der Waals surface area contributed by atoms with E-state index in [-0.39, 0.29) is 6.10 Å². The van der Waals surface area contributed by atoms with Gasteiger partial charge in [0.1, 0.15) is 6.10 Å². The van der Waals surface area contributed by atoms with Crippen molar-refractivity contribution in [3.63, 3.8) is 0 Å². The van der Waals surface area contributed by atoms with E-state index >= 15 is 0 Å². The Morgan fingerprint density at radius 1 is 1.14 bits per heavy atom. The van der Waals surface area contributed by atoms with E-state index in [0.717, 1.165) is 11.1 Å². The molecule has 2 nitrogen and oxygen atoms in total. The Hall–Kier alpha value is -2.63. The van der Waals surface area contributed by atoms with Crippen molar-refractivity contribution in [2.24, 2.45) is 0 Å². The summed E-state index contributed by atoms with van der Waals surface area (Å²) >= 11 is 0. The van der Waals surface area contributed by atoms with Crippen LogP contribution in [0.25, 0.3) is 6.08 Å². The molecule has 0 saturated carbocycles. The van der Waals surface area contributed by atoms with Crippen molar-refractivity contribution in [1.82, 2.24) is 0 Å². The number of benzene rings is 2. The van der Waals surface area contributed by atoms with Crippen molar-refractivity contribution in [1.29, 1.82) is 5.26 Å². The van der Waals surface area contributed by atoms with Crippen LogP contribution < -0.4 is 0 Å². The van der Waals surface area contributed by atoms with Crippen LogP contribution in [-0.4, -0.2) is 6.61 Å². The third kappa shape index (κ3) is 4.45. The predicted molar refractivity (Wildman–Crippen MR) is 85.5 cm³/mol. The molecule has 0 radical (unpaired) electrons. The summed E-state index contributed by atoms with van der Waals surface area (Å²) < 4.78 is 5.78. The quantitative estimate of drug-likeness (QED) is 0.726. The molecule has 2 heteroatoms. The van der Waals surface area contributed by atoms with E-state index in [4.69, 9.17) is 10.00 Å². The van der Waals surface area contributed by atoms with Crippen molar-refractivity contribution in [2.45, 2.75) is 6.10 Å². The monoisotopic (exact) mass is 275 g/mol. The summed E-state index contributed by atoms with van der Waals surface area (Å²) in [6, 6.07) is 19.7. The summed E-state index contributed by atoms with van der Waals surface area (Å²) in [7, 11) is 0. The summed E-state index contributed by atoms with van der Waals surface area (Å²) in [5, 5.41) is 9.00. The van der Waals surface area contributed by atoms with E-state index in [2.05, 4.69) is 12.6 Å². The average molecular weight is 275 g/mol. The normalized spacial score (nSPS) is 12.0. The maximum Gasteiger partial charge on any atom is 0.101 e. The highest BCUT2D eigenvalue weighted by Gasteiger charge is 2.08. The molecule has 0 saturated heterocycles. The maximum atomic E-state index is 9.00. The molecule has 0 bridgehead atoms. The molecule has 1 atom stereocenters. The molecule has 0 heterocycles. The molecular formula is C19H17NO. The van der Waals surface area contributed by atoms with Gasteiger partial charge < -0.3 is 4.74 Å². The van der Waals surface area contributed by atoms with E-state index in [0.29, 0.717) is 12.2 Å². The lowest BCUT2D eigenvalue weighted by atomic mass is 10.0. The molecule has 0 amide bonds. The Bertz CT molecular complexity index is 653. The second-order valence-electron chi connectivity index (χ2n) is 4.55. The van der Waals surface area contributed by atoms with Crippen LogP contribution in [0.2, 0.25) is 0 Å². The number of hydrogen-bond donors (Lipinski definition) is 0. The lowest BCUT2D eigenvalue weighted by Crippen LogP contribution is -2.02. The highest BCUT2D eigenvalue weighted by Crippen LogP contribution is 2.21. The highest BCUT2D eigenvalue weighted by molar-refractivity contribution is 5.50. The third-order valence-corrected chi connectivity index (χ3v) is 3.00. The second kappa shape index (κ2) is 7.84. The topological polar surface area (TPSA) is 33.0 Å².